The first-order valence-electron chi connectivity index (χ1n) is 8.03. The monoisotopic (exact) mass is 296 g/mol. The summed E-state index contributed by atoms with van der Waals surface area (Å²) in [6.45, 7) is 1.96. The fraction of sp³-hybridized carbons (Fsp3) is 0.444. The van der Waals surface area contributed by atoms with Crippen molar-refractivity contribution in [1.29, 1.82) is 0 Å². The van der Waals surface area contributed by atoms with Crippen LogP contribution < -0.4 is 0 Å². The molecule has 4 heteroatoms. The third kappa shape index (κ3) is 2.71. The first kappa shape index (κ1) is 13.7. The fourth-order valence-corrected chi connectivity index (χ4v) is 3.14. The van der Waals surface area contributed by atoms with Crippen molar-refractivity contribution in [1.82, 2.24) is 9.88 Å². The molecule has 4 nitrogen and oxygen atoms in total. The Balaban J connectivity index is 1.56. The smallest absolute Gasteiger partial charge is 0.228 e. The van der Waals surface area contributed by atoms with E-state index in [0.717, 1.165) is 35.7 Å². The largest absolute Gasteiger partial charge is 0.381 e. The van der Waals surface area contributed by atoms with E-state index in [9.17, 15) is 4.79 Å². The predicted molar refractivity (Wildman–Crippen MR) is 84.2 cm³/mol. The van der Waals surface area contributed by atoms with Crippen LogP contribution in [0.1, 0.15) is 24.8 Å². The second kappa shape index (κ2) is 5.69. The molecule has 2 fully saturated rings. The SMILES string of the molecule is O=C([C@@H]1CCOC1)N(Cc1cnc2ccccc2c1)C1CC1. The lowest BCUT2D eigenvalue weighted by Crippen LogP contribution is -2.37. The average Bonchev–Trinajstić information content (AvgIpc) is 3.25. The Hall–Kier alpha value is -1.94. The molecular formula is C18H20N2O2. The van der Waals surface area contributed by atoms with Gasteiger partial charge in [0.2, 0.25) is 5.91 Å². The van der Waals surface area contributed by atoms with Crippen molar-refractivity contribution in [2.45, 2.75) is 31.8 Å². The van der Waals surface area contributed by atoms with E-state index in [-0.39, 0.29) is 11.8 Å². The number of nitrogens with zero attached hydrogens (tertiary/aromatic N) is 2. The van der Waals surface area contributed by atoms with Crippen molar-refractivity contribution in [3.8, 4) is 0 Å². The van der Waals surface area contributed by atoms with Gasteiger partial charge in [-0.15, -0.1) is 0 Å². The number of hydrogen-bond acceptors (Lipinski definition) is 3. The molecule has 1 saturated carbocycles. The maximum Gasteiger partial charge on any atom is 0.228 e. The zero-order valence-electron chi connectivity index (χ0n) is 12.6. The Bertz CT molecular complexity index is 690. The zero-order valence-corrected chi connectivity index (χ0v) is 12.6. The highest BCUT2D eigenvalue weighted by molar-refractivity contribution is 5.81. The van der Waals surface area contributed by atoms with Gasteiger partial charge >= 0.3 is 0 Å². The van der Waals surface area contributed by atoms with Gasteiger partial charge in [0.15, 0.2) is 0 Å². The summed E-state index contributed by atoms with van der Waals surface area (Å²) in [6.07, 6.45) is 5.01. The van der Waals surface area contributed by atoms with Crippen LogP contribution in [0, 0.1) is 5.92 Å². The molecule has 0 unspecified atom stereocenters. The van der Waals surface area contributed by atoms with Gasteiger partial charge < -0.3 is 9.64 Å². The van der Waals surface area contributed by atoms with Gasteiger partial charge in [0.1, 0.15) is 0 Å². The Morgan fingerprint density at radius 3 is 2.91 bits per heavy atom. The van der Waals surface area contributed by atoms with Crippen molar-refractivity contribution < 1.29 is 9.53 Å². The third-order valence-corrected chi connectivity index (χ3v) is 4.55. The number of ether oxygens (including phenoxy) is 1. The van der Waals surface area contributed by atoms with E-state index in [2.05, 4.69) is 17.1 Å². The van der Waals surface area contributed by atoms with Crippen LogP contribution in [0.25, 0.3) is 10.9 Å². The normalized spacial score (nSPS) is 21.2. The van der Waals surface area contributed by atoms with Crippen LogP contribution in [0.5, 0.6) is 0 Å². The van der Waals surface area contributed by atoms with Gasteiger partial charge in [0.05, 0.1) is 18.0 Å². The van der Waals surface area contributed by atoms with Crippen LogP contribution in [0.15, 0.2) is 36.5 Å². The number of pyridine rings is 1. The van der Waals surface area contributed by atoms with Crippen molar-refractivity contribution in [2.75, 3.05) is 13.2 Å². The molecule has 1 aliphatic carbocycles. The standard InChI is InChI=1S/C18H20N2O2/c21-18(15-7-8-22-12-15)20(16-5-6-16)11-13-9-14-3-1-2-4-17(14)19-10-13/h1-4,9-10,15-16H,5-8,11-12H2/t15-/m1/s1. The van der Waals surface area contributed by atoms with E-state index >= 15 is 0 Å². The van der Waals surface area contributed by atoms with Gasteiger partial charge in [-0.1, -0.05) is 18.2 Å². The quantitative estimate of drug-likeness (QED) is 0.871. The van der Waals surface area contributed by atoms with Gasteiger partial charge in [0, 0.05) is 30.8 Å². The zero-order chi connectivity index (χ0) is 14.9. The summed E-state index contributed by atoms with van der Waals surface area (Å²) < 4.78 is 5.38. The van der Waals surface area contributed by atoms with Crippen molar-refractivity contribution in [3.05, 3.63) is 42.1 Å². The highest BCUT2D eigenvalue weighted by Crippen LogP contribution is 2.31. The number of aromatic nitrogens is 1. The molecule has 0 radical (unpaired) electrons. The third-order valence-electron chi connectivity index (χ3n) is 4.55. The maximum atomic E-state index is 12.7. The van der Waals surface area contributed by atoms with Crippen molar-refractivity contribution >= 4 is 16.8 Å². The minimum atomic E-state index is 0.0500. The lowest BCUT2D eigenvalue weighted by molar-refractivity contribution is -0.136. The topological polar surface area (TPSA) is 42.4 Å². The molecule has 1 aromatic heterocycles. The summed E-state index contributed by atoms with van der Waals surface area (Å²) in [7, 11) is 0. The summed E-state index contributed by atoms with van der Waals surface area (Å²) in [6, 6.07) is 10.7. The van der Waals surface area contributed by atoms with Crippen LogP contribution in [-0.2, 0) is 16.1 Å². The van der Waals surface area contributed by atoms with Gasteiger partial charge in [-0.25, -0.2) is 0 Å². The number of carbonyl (C=O) groups excluding carboxylic acids is 1. The lowest BCUT2D eigenvalue weighted by Gasteiger charge is -2.25. The average molecular weight is 296 g/mol. The Morgan fingerprint density at radius 2 is 2.14 bits per heavy atom. The summed E-state index contributed by atoms with van der Waals surface area (Å²) in [5.41, 5.74) is 2.11. The molecule has 4 rings (SSSR count). The number of hydrogen-bond donors (Lipinski definition) is 0. The molecule has 2 aromatic rings. The summed E-state index contributed by atoms with van der Waals surface area (Å²) >= 11 is 0. The molecule has 114 valence electrons. The molecule has 22 heavy (non-hydrogen) atoms. The number of amides is 1. The second-order valence-corrected chi connectivity index (χ2v) is 6.29. The molecule has 0 bridgehead atoms. The van der Waals surface area contributed by atoms with E-state index in [1.807, 2.05) is 29.3 Å². The van der Waals surface area contributed by atoms with Crippen molar-refractivity contribution in [3.63, 3.8) is 0 Å². The van der Waals surface area contributed by atoms with Crippen LogP contribution in [0.2, 0.25) is 0 Å². The minimum absolute atomic E-state index is 0.0500. The summed E-state index contributed by atoms with van der Waals surface area (Å²) in [5, 5.41) is 1.13. The number of para-hydroxylation sites is 1. The predicted octanol–water partition coefficient (Wildman–Crippen LogP) is 2.76. The number of rotatable bonds is 4. The fourth-order valence-electron chi connectivity index (χ4n) is 3.14. The molecule has 1 amide bonds. The first-order valence-corrected chi connectivity index (χ1v) is 8.03. The number of carbonyl (C=O) groups is 1. The van der Waals surface area contributed by atoms with Gasteiger partial charge in [-0.05, 0) is 37.0 Å². The first-order chi connectivity index (χ1) is 10.8. The van der Waals surface area contributed by atoms with Crippen LogP contribution >= 0.6 is 0 Å². The summed E-state index contributed by atoms with van der Waals surface area (Å²) in [5.74, 6) is 0.308. The van der Waals surface area contributed by atoms with E-state index in [1.165, 1.54) is 0 Å². The number of fused-ring (bicyclic) bond motifs is 1. The van der Waals surface area contributed by atoms with Crippen LogP contribution in [-0.4, -0.2) is 35.0 Å². The molecule has 0 spiro atoms. The highest BCUT2D eigenvalue weighted by Gasteiger charge is 2.37. The van der Waals surface area contributed by atoms with Crippen LogP contribution in [0.3, 0.4) is 0 Å². The van der Waals surface area contributed by atoms with E-state index < -0.39 is 0 Å². The van der Waals surface area contributed by atoms with Gasteiger partial charge in [-0.2, -0.15) is 0 Å². The van der Waals surface area contributed by atoms with E-state index in [4.69, 9.17) is 4.74 Å². The molecule has 1 aromatic carbocycles. The number of benzene rings is 1. The molecule has 1 atom stereocenters. The van der Waals surface area contributed by atoms with Gasteiger partial charge in [-0.3, -0.25) is 9.78 Å². The molecule has 2 heterocycles. The molecule has 1 saturated heterocycles. The summed E-state index contributed by atoms with van der Waals surface area (Å²) in [4.78, 5) is 19.3. The lowest BCUT2D eigenvalue weighted by atomic mass is 10.1. The Morgan fingerprint density at radius 1 is 1.27 bits per heavy atom. The van der Waals surface area contributed by atoms with Crippen molar-refractivity contribution in [2.24, 2.45) is 5.92 Å². The second-order valence-electron chi connectivity index (χ2n) is 6.29. The van der Waals surface area contributed by atoms with E-state index in [1.54, 1.807) is 0 Å². The van der Waals surface area contributed by atoms with E-state index in [0.29, 0.717) is 25.8 Å². The Labute approximate surface area is 130 Å². The van der Waals surface area contributed by atoms with Crippen LogP contribution in [0.4, 0.5) is 0 Å². The minimum Gasteiger partial charge on any atom is -0.381 e. The molecule has 1 aliphatic heterocycles. The molecular weight excluding hydrogens is 276 g/mol. The Kier molecular flexibility index (Phi) is 3.54. The highest BCUT2D eigenvalue weighted by atomic mass is 16.5. The maximum absolute atomic E-state index is 12.7. The molecule has 0 N–H and O–H groups in total. The van der Waals surface area contributed by atoms with Gasteiger partial charge in [0.25, 0.3) is 0 Å². The molecule has 2 aliphatic rings.